The van der Waals surface area contributed by atoms with Crippen molar-refractivity contribution in [2.24, 2.45) is 0 Å². The summed E-state index contributed by atoms with van der Waals surface area (Å²) in [7, 11) is 3.16. The molecule has 0 saturated heterocycles. The Morgan fingerprint density at radius 2 is 1.79 bits per heavy atom. The van der Waals surface area contributed by atoms with E-state index in [9.17, 15) is 5.26 Å². The molecular weight excluding hydrogens is 461 g/mol. The van der Waals surface area contributed by atoms with E-state index >= 15 is 0 Å². The summed E-state index contributed by atoms with van der Waals surface area (Å²) in [5.41, 5.74) is 3.50. The minimum atomic E-state index is 0.374. The number of hydrogen-bond acceptors (Lipinski definition) is 6. The van der Waals surface area contributed by atoms with Crippen LogP contribution in [0, 0.1) is 18.3 Å². The minimum Gasteiger partial charge on any atom is -0.495 e. The fourth-order valence-corrected chi connectivity index (χ4v) is 4.17. The molecule has 0 saturated carbocycles. The number of aromatic nitrogens is 1. The lowest BCUT2D eigenvalue weighted by Gasteiger charge is -2.17. The molecule has 0 spiro atoms. The van der Waals surface area contributed by atoms with E-state index in [1.54, 1.807) is 20.4 Å². The van der Waals surface area contributed by atoms with Gasteiger partial charge in [-0.1, -0.05) is 11.6 Å². The zero-order valence-corrected chi connectivity index (χ0v) is 19.8. The van der Waals surface area contributed by atoms with Gasteiger partial charge in [-0.05, 0) is 42.8 Å². The molecule has 0 fully saturated rings. The van der Waals surface area contributed by atoms with Crippen molar-refractivity contribution in [1.29, 1.82) is 5.26 Å². The van der Waals surface area contributed by atoms with Gasteiger partial charge in [-0.3, -0.25) is 4.98 Å². The number of methoxy groups -OCH3 is 2. The smallest absolute Gasteiger partial charge is 0.168 e. The fourth-order valence-electron chi connectivity index (χ4n) is 3.79. The Balaban J connectivity index is 1.92. The number of halogens is 2. The third kappa shape index (κ3) is 4.18. The van der Waals surface area contributed by atoms with Crippen LogP contribution in [0.4, 0.5) is 11.4 Å². The largest absolute Gasteiger partial charge is 0.495 e. The lowest BCUT2D eigenvalue weighted by Crippen LogP contribution is -2.01. The highest BCUT2D eigenvalue weighted by atomic mass is 35.5. The van der Waals surface area contributed by atoms with Gasteiger partial charge in [0.15, 0.2) is 11.5 Å². The predicted octanol–water partition coefficient (Wildman–Crippen LogP) is 6.60. The van der Waals surface area contributed by atoms with Gasteiger partial charge in [0.1, 0.15) is 18.4 Å². The number of rotatable bonds is 7. The van der Waals surface area contributed by atoms with Crippen LogP contribution in [-0.2, 0) is 0 Å². The van der Waals surface area contributed by atoms with Crippen LogP contribution in [-0.4, -0.2) is 31.7 Å². The number of nitrogens with zero attached hydrogens (tertiary/aromatic N) is 2. The minimum absolute atomic E-state index is 0.374. The monoisotopic (exact) mass is 481 g/mol. The molecule has 1 heterocycles. The van der Waals surface area contributed by atoms with Crippen molar-refractivity contribution in [3.05, 3.63) is 58.7 Å². The molecule has 0 aliphatic heterocycles. The predicted molar refractivity (Wildman–Crippen MR) is 133 cm³/mol. The summed E-state index contributed by atoms with van der Waals surface area (Å²) >= 11 is 12.0. The van der Waals surface area contributed by atoms with Crippen molar-refractivity contribution in [1.82, 2.24) is 4.98 Å². The normalized spacial score (nSPS) is 10.8. The van der Waals surface area contributed by atoms with Crippen LogP contribution in [0.25, 0.3) is 21.7 Å². The first kappa shape index (κ1) is 22.8. The molecule has 0 bridgehead atoms. The summed E-state index contributed by atoms with van der Waals surface area (Å²) in [6.07, 6.45) is 1.57. The van der Waals surface area contributed by atoms with Crippen molar-refractivity contribution in [3.8, 4) is 23.3 Å². The van der Waals surface area contributed by atoms with Gasteiger partial charge in [0.05, 0.1) is 41.9 Å². The first-order valence-electron chi connectivity index (χ1n) is 10.1. The number of nitrogens with one attached hydrogen (secondary N) is 1. The molecule has 3 aromatic carbocycles. The molecule has 8 heteroatoms. The number of fused-ring (bicyclic) bond motifs is 3. The molecule has 6 nitrogen and oxygen atoms in total. The van der Waals surface area contributed by atoms with Crippen LogP contribution >= 0.6 is 23.2 Å². The maximum atomic E-state index is 9.76. The van der Waals surface area contributed by atoms with Gasteiger partial charge in [-0.2, -0.15) is 5.26 Å². The van der Waals surface area contributed by atoms with Crippen LogP contribution < -0.4 is 19.5 Å². The van der Waals surface area contributed by atoms with E-state index < -0.39 is 0 Å². The Bertz CT molecular complexity index is 1400. The topological polar surface area (TPSA) is 76.4 Å². The second kappa shape index (κ2) is 9.62. The van der Waals surface area contributed by atoms with E-state index in [0.29, 0.717) is 46.0 Å². The summed E-state index contributed by atoms with van der Waals surface area (Å²) < 4.78 is 16.7. The zero-order valence-electron chi connectivity index (χ0n) is 18.3. The molecule has 0 radical (unpaired) electrons. The van der Waals surface area contributed by atoms with Crippen molar-refractivity contribution in [3.63, 3.8) is 0 Å². The average Bonchev–Trinajstić information content (AvgIpc) is 2.83. The summed E-state index contributed by atoms with van der Waals surface area (Å²) in [6, 6.07) is 13.5. The highest BCUT2D eigenvalue weighted by Gasteiger charge is 2.17. The van der Waals surface area contributed by atoms with Crippen molar-refractivity contribution >= 4 is 56.3 Å². The SMILES string of the molecule is COc1cc(Nc2c(C#N)cnc3c2ccc2c(OC)c(OCCCl)ccc23)c(C)cc1Cl. The number of aryl methyl sites for hydroxylation is 1. The highest BCUT2D eigenvalue weighted by Crippen LogP contribution is 2.41. The highest BCUT2D eigenvalue weighted by molar-refractivity contribution is 6.32. The summed E-state index contributed by atoms with van der Waals surface area (Å²) in [4.78, 5) is 4.59. The van der Waals surface area contributed by atoms with Gasteiger partial charge in [0.2, 0.25) is 0 Å². The molecule has 168 valence electrons. The second-order valence-corrected chi connectivity index (χ2v) is 8.06. The van der Waals surface area contributed by atoms with Crippen molar-refractivity contribution in [2.75, 3.05) is 32.0 Å². The number of benzene rings is 3. The fraction of sp³-hybridized carbons (Fsp3) is 0.200. The molecule has 1 aromatic heterocycles. The maximum Gasteiger partial charge on any atom is 0.168 e. The number of hydrogen-bond donors (Lipinski definition) is 1. The van der Waals surface area contributed by atoms with Crippen LogP contribution in [0.5, 0.6) is 17.2 Å². The summed E-state index contributed by atoms with van der Waals surface area (Å²) in [6.45, 7) is 2.31. The molecule has 0 unspecified atom stereocenters. The molecule has 0 aliphatic rings. The Hall–Kier alpha value is -3.40. The Kier molecular flexibility index (Phi) is 6.64. The van der Waals surface area contributed by atoms with Gasteiger partial charge < -0.3 is 19.5 Å². The van der Waals surface area contributed by atoms with Crippen molar-refractivity contribution < 1.29 is 14.2 Å². The van der Waals surface area contributed by atoms with Crippen molar-refractivity contribution in [2.45, 2.75) is 6.92 Å². The number of ether oxygens (including phenoxy) is 3. The van der Waals surface area contributed by atoms with E-state index in [0.717, 1.165) is 32.9 Å². The average molecular weight is 482 g/mol. The third-order valence-corrected chi connectivity index (χ3v) is 5.82. The standard InChI is InChI=1S/C25H21Cl2N3O3/c1-14-10-19(27)22(31-2)11-20(14)30-23-15(12-28)13-29-24-16-6-7-21(33-9-8-26)25(32-3)17(16)4-5-18(23)24/h4-7,10-11,13H,8-9H2,1-3H3,(H,29,30). The van der Waals surface area contributed by atoms with Gasteiger partial charge in [-0.15, -0.1) is 11.6 Å². The molecule has 4 aromatic rings. The lowest BCUT2D eigenvalue weighted by molar-refractivity contribution is 0.315. The number of nitriles is 1. The maximum absolute atomic E-state index is 9.76. The summed E-state index contributed by atoms with van der Waals surface area (Å²) in [5.74, 6) is 2.14. The molecule has 0 amide bonds. The quantitative estimate of drug-likeness (QED) is 0.236. The molecular formula is C25H21Cl2N3O3. The lowest BCUT2D eigenvalue weighted by atomic mass is 10.0. The third-order valence-electron chi connectivity index (χ3n) is 5.37. The molecule has 4 rings (SSSR count). The second-order valence-electron chi connectivity index (χ2n) is 7.28. The van der Waals surface area contributed by atoms with Crippen LogP contribution in [0.2, 0.25) is 5.02 Å². The van der Waals surface area contributed by atoms with Gasteiger partial charge in [-0.25, -0.2) is 0 Å². The first-order valence-corrected chi connectivity index (χ1v) is 11.1. The first-order chi connectivity index (χ1) is 16.0. The van der Waals surface area contributed by atoms with Gasteiger partial charge in [0.25, 0.3) is 0 Å². The van der Waals surface area contributed by atoms with E-state index in [4.69, 9.17) is 37.4 Å². The number of alkyl halides is 1. The van der Waals surface area contributed by atoms with E-state index in [1.807, 2.05) is 43.3 Å². The van der Waals surface area contributed by atoms with Crippen LogP contribution in [0.15, 0.2) is 42.6 Å². The Morgan fingerprint density at radius 3 is 2.48 bits per heavy atom. The molecule has 0 aliphatic carbocycles. The number of pyridine rings is 1. The molecule has 0 atom stereocenters. The molecule has 1 N–H and O–H groups in total. The van der Waals surface area contributed by atoms with Gasteiger partial charge in [0, 0.05) is 34.1 Å². The Morgan fingerprint density at radius 1 is 1.03 bits per heavy atom. The van der Waals surface area contributed by atoms with E-state index in [-0.39, 0.29) is 0 Å². The number of anilines is 2. The van der Waals surface area contributed by atoms with E-state index in [1.165, 1.54) is 0 Å². The van der Waals surface area contributed by atoms with Gasteiger partial charge >= 0.3 is 0 Å². The zero-order chi connectivity index (χ0) is 23.5. The Labute approximate surface area is 201 Å². The van der Waals surface area contributed by atoms with Crippen LogP contribution in [0.3, 0.4) is 0 Å². The molecule has 33 heavy (non-hydrogen) atoms. The summed E-state index contributed by atoms with van der Waals surface area (Å²) in [5, 5.41) is 16.2. The van der Waals surface area contributed by atoms with Crippen LogP contribution in [0.1, 0.15) is 11.1 Å². The van der Waals surface area contributed by atoms with E-state index in [2.05, 4.69) is 16.4 Å².